The molecule has 0 radical (unpaired) electrons. The van der Waals surface area contributed by atoms with Gasteiger partial charge in [0, 0.05) is 0 Å². The molecule has 0 bridgehead atoms. The molecule has 0 aromatic heterocycles. The molecule has 1 rings (SSSR count). The fourth-order valence-corrected chi connectivity index (χ4v) is 1.62. The topological polar surface area (TPSA) is 9.23 Å². The van der Waals surface area contributed by atoms with Crippen molar-refractivity contribution in [3.63, 3.8) is 0 Å². The fraction of sp³-hybridized carbons (Fsp3) is 0.429. The predicted octanol–water partition coefficient (Wildman–Crippen LogP) is 4.49. The van der Waals surface area contributed by atoms with Gasteiger partial charge in [-0.15, -0.1) is 6.58 Å². The highest BCUT2D eigenvalue weighted by atomic mass is 35.5. The van der Waals surface area contributed by atoms with Crippen molar-refractivity contribution in [2.24, 2.45) is 5.92 Å². The Balaban J connectivity index is 2.57. The highest BCUT2D eigenvalue weighted by Gasteiger charge is 2.03. The quantitative estimate of drug-likeness (QED) is 0.664. The molecule has 0 amide bonds. The number of benzene rings is 1. The van der Waals surface area contributed by atoms with E-state index in [0.29, 0.717) is 10.9 Å². The molecule has 1 nitrogen and oxygen atoms in total. The van der Waals surface area contributed by atoms with Crippen LogP contribution in [0.4, 0.5) is 0 Å². The van der Waals surface area contributed by atoms with E-state index in [9.17, 15) is 0 Å². The molecule has 16 heavy (non-hydrogen) atoms. The van der Waals surface area contributed by atoms with Crippen LogP contribution in [0.2, 0.25) is 5.02 Å². The highest BCUT2D eigenvalue weighted by Crippen LogP contribution is 2.26. The minimum Gasteiger partial charge on any atom is -0.492 e. The van der Waals surface area contributed by atoms with E-state index < -0.39 is 0 Å². The van der Waals surface area contributed by atoms with Gasteiger partial charge in [-0.25, -0.2) is 0 Å². The molecule has 1 aromatic rings. The molecule has 0 atom stereocenters. The van der Waals surface area contributed by atoms with Crippen LogP contribution in [0.15, 0.2) is 30.9 Å². The van der Waals surface area contributed by atoms with Gasteiger partial charge < -0.3 is 4.74 Å². The van der Waals surface area contributed by atoms with Crippen molar-refractivity contribution in [2.75, 3.05) is 6.61 Å². The first kappa shape index (κ1) is 13.1. The third-order valence-corrected chi connectivity index (χ3v) is 2.62. The largest absolute Gasteiger partial charge is 0.492 e. The van der Waals surface area contributed by atoms with Crippen molar-refractivity contribution in [2.45, 2.75) is 26.7 Å². The maximum absolute atomic E-state index is 6.12. The average Bonchev–Trinajstić information content (AvgIpc) is 2.21. The van der Waals surface area contributed by atoms with E-state index in [4.69, 9.17) is 16.3 Å². The van der Waals surface area contributed by atoms with Crippen molar-refractivity contribution >= 4 is 11.6 Å². The second-order valence-electron chi connectivity index (χ2n) is 4.29. The van der Waals surface area contributed by atoms with Gasteiger partial charge >= 0.3 is 0 Å². The Morgan fingerprint density at radius 2 is 2.19 bits per heavy atom. The minimum atomic E-state index is 0.652. The van der Waals surface area contributed by atoms with Crippen LogP contribution in [-0.2, 0) is 6.42 Å². The number of allylic oxidation sites excluding steroid dienone is 1. The summed E-state index contributed by atoms with van der Waals surface area (Å²) in [6.07, 6.45) is 3.75. The number of halogens is 1. The van der Waals surface area contributed by atoms with Crippen molar-refractivity contribution in [1.29, 1.82) is 0 Å². The Morgan fingerprint density at radius 1 is 1.44 bits per heavy atom. The molecule has 0 spiro atoms. The van der Waals surface area contributed by atoms with Gasteiger partial charge in [-0.05, 0) is 36.5 Å². The number of hydrogen-bond donors (Lipinski definition) is 0. The van der Waals surface area contributed by atoms with Gasteiger partial charge in [-0.3, -0.25) is 0 Å². The highest BCUT2D eigenvalue weighted by molar-refractivity contribution is 6.32. The number of hydrogen-bond acceptors (Lipinski definition) is 1. The first-order chi connectivity index (χ1) is 7.63. The van der Waals surface area contributed by atoms with Crippen LogP contribution in [-0.4, -0.2) is 6.61 Å². The normalized spacial score (nSPS) is 10.5. The Bertz CT molecular complexity index is 345. The number of ether oxygens (including phenoxy) is 1. The smallest absolute Gasteiger partial charge is 0.137 e. The van der Waals surface area contributed by atoms with E-state index in [0.717, 1.165) is 30.8 Å². The summed E-state index contributed by atoms with van der Waals surface area (Å²) in [7, 11) is 0. The predicted molar refractivity (Wildman–Crippen MR) is 70.3 cm³/mol. The zero-order valence-corrected chi connectivity index (χ0v) is 10.8. The molecular formula is C14H19ClO. The SMILES string of the molecule is C=CCc1ccc(OCCC(C)C)c(Cl)c1. The lowest BCUT2D eigenvalue weighted by Crippen LogP contribution is -2.01. The van der Waals surface area contributed by atoms with Crippen molar-refractivity contribution in [3.8, 4) is 5.75 Å². The molecule has 0 N–H and O–H groups in total. The molecule has 2 heteroatoms. The molecule has 0 aliphatic rings. The molecule has 0 saturated carbocycles. The van der Waals surface area contributed by atoms with Crippen LogP contribution in [0.5, 0.6) is 5.75 Å². The molecule has 0 aliphatic carbocycles. The first-order valence-corrected chi connectivity index (χ1v) is 6.03. The lowest BCUT2D eigenvalue weighted by molar-refractivity contribution is 0.289. The van der Waals surface area contributed by atoms with Gasteiger partial charge in [0.15, 0.2) is 0 Å². The van der Waals surface area contributed by atoms with Crippen LogP contribution < -0.4 is 4.74 Å². The third kappa shape index (κ3) is 4.28. The molecule has 0 heterocycles. The van der Waals surface area contributed by atoms with Crippen molar-refractivity contribution in [1.82, 2.24) is 0 Å². The zero-order chi connectivity index (χ0) is 12.0. The van der Waals surface area contributed by atoms with E-state index >= 15 is 0 Å². The second-order valence-corrected chi connectivity index (χ2v) is 4.70. The van der Waals surface area contributed by atoms with Gasteiger partial charge in [0.2, 0.25) is 0 Å². The maximum Gasteiger partial charge on any atom is 0.137 e. The lowest BCUT2D eigenvalue weighted by Gasteiger charge is -2.10. The minimum absolute atomic E-state index is 0.652. The molecule has 0 fully saturated rings. The molecule has 88 valence electrons. The van der Waals surface area contributed by atoms with Crippen LogP contribution in [0.3, 0.4) is 0 Å². The van der Waals surface area contributed by atoms with E-state index in [1.807, 2.05) is 24.3 Å². The van der Waals surface area contributed by atoms with Crippen LogP contribution in [0, 0.1) is 5.92 Å². The molecule has 0 aliphatic heterocycles. The second kappa shape index (κ2) is 6.59. The van der Waals surface area contributed by atoms with Gasteiger partial charge in [0.1, 0.15) is 5.75 Å². The van der Waals surface area contributed by atoms with Gasteiger partial charge in [-0.2, -0.15) is 0 Å². The Morgan fingerprint density at radius 3 is 2.75 bits per heavy atom. The summed E-state index contributed by atoms with van der Waals surface area (Å²) in [6.45, 7) is 8.78. The standard InChI is InChI=1S/C14H19ClO/c1-4-5-12-6-7-14(13(15)10-12)16-9-8-11(2)3/h4,6-7,10-11H,1,5,8-9H2,2-3H3. The molecule has 0 saturated heterocycles. The molecular weight excluding hydrogens is 220 g/mol. The summed E-state index contributed by atoms with van der Waals surface area (Å²) in [5.41, 5.74) is 1.16. The fourth-order valence-electron chi connectivity index (χ4n) is 1.36. The van der Waals surface area contributed by atoms with E-state index in [-0.39, 0.29) is 0 Å². The average molecular weight is 239 g/mol. The third-order valence-electron chi connectivity index (χ3n) is 2.33. The Hall–Kier alpha value is -0.950. The van der Waals surface area contributed by atoms with Crippen LogP contribution >= 0.6 is 11.6 Å². The first-order valence-electron chi connectivity index (χ1n) is 5.65. The summed E-state index contributed by atoms with van der Waals surface area (Å²) < 4.78 is 5.62. The Kier molecular flexibility index (Phi) is 5.41. The summed E-state index contributed by atoms with van der Waals surface area (Å²) in [6, 6.07) is 5.90. The summed E-state index contributed by atoms with van der Waals surface area (Å²) in [5, 5.41) is 0.683. The van der Waals surface area contributed by atoms with Crippen molar-refractivity contribution in [3.05, 3.63) is 41.4 Å². The van der Waals surface area contributed by atoms with Gasteiger partial charge in [0.05, 0.1) is 11.6 Å². The summed E-state index contributed by atoms with van der Waals surface area (Å²) >= 11 is 6.12. The van der Waals surface area contributed by atoms with Crippen LogP contribution in [0.25, 0.3) is 0 Å². The number of rotatable bonds is 6. The van der Waals surface area contributed by atoms with Crippen molar-refractivity contribution < 1.29 is 4.74 Å². The summed E-state index contributed by atoms with van der Waals surface area (Å²) in [5.74, 6) is 1.42. The maximum atomic E-state index is 6.12. The molecule has 0 unspecified atom stereocenters. The lowest BCUT2D eigenvalue weighted by atomic mass is 10.1. The van der Waals surface area contributed by atoms with Gasteiger partial charge in [-0.1, -0.05) is 37.6 Å². The molecule has 1 aromatic carbocycles. The monoisotopic (exact) mass is 238 g/mol. The van der Waals surface area contributed by atoms with E-state index in [1.165, 1.54) is 0 Å². The Labute approximate surface area is 103 Å². The summed E-state index contributed by atoms with van der Waals surface area (Å²) in [4.78, 5) is 0. The zero-order valence-electron chi connectivity index (χ0n) is 10.0. The van der Waals surface area contributed by atoms with E-state index in [1.54, 1.807) is 0 Å². The van der Waals surface area contributed by atoms with E-state index in [2.05, 4.69) is 20.4 Å². The van der Waals surface area contributed by atoms with Crippen LogP contribution in [0.1, 0.15) is 25.8 Å². The van der Waals surface area contributed by atoms with Gasteiger partial charge in [0.25, 0.3) is 0 Å².